The molecule has 1 atom stereocenters. The zero-order valence-corrected chi connectivity index (χ0v) is 20.9. The molecule has 0 radical (unpaired) electrons. The number of nitrogen functional groups attached to an aromatic ring is 2. The van der Waals surface area contributed by atoms with Gasteiger partial charge in [-0.15, -0.1) is 0 Å². The fourth-order valence-electron chi connectivity index (χ4n) is 4.61. The summed E-state index contributed by atoms with van der Waals surface area (Å²) in [6.07, 6.45) is 0.710. The highest BCUT2D eigenvalue weighted by Gasteiger charge is 2.22. The van der Waals surface area contributed by atoms with Crippen LogP contribution in [0.2, 0.25) is 5.15 Å². The average molecular weight is 526 g/mol. The van der Waals surface area contributed by atoms with E-state index < -0.39 is 6.04 Å². The third-order valence-electron chi connectivity index (χ3n) is 6.51. The number of nitrogens with one attached hydrogen (secondary N) is 4. The Labute approximate surface area is 221 Å². The molecule has 0 saturated carbocycles. The van der Waals surface area contributed by atoms with Gasteiger partial charge in [0.2, 0.25) is 5.91 Å². The molecule has 0 spiro atoms. The fraction of sp³-hybridized carbons (Fsp3) is 0.111. The van der Waals surface area contributed by atoms with Crippen molar-refractivity contribution < 1.29 is 4.79 Å². The van der Waals surface area contributed by atoms with Gasteiger partial charge in [-0.2, -0.15) is 10.2 Å². The highest BCUT2D eigenvalue weighted by Crippen LogP contribution is 2.31. The van der Waals surface area contributed by atoms with E-state index in [4.69, 9.17) is 28.1 Å². The highest BCUT2D eigenvalue weighted by molar-refractivity contribution is 6.32. The lowest BCUT2D eigenvalue weighted by Gasteiger charge is -2.17. The van der Waals surface area contributed by atoms with Crippen LogP contribution < -0.4 is 16.8 Å². The molecule has 3 aromatic carbocycles. The van der Waals surface area contributed by atoms with Crippen molar-refractivity contribution in [1.29, 1.82) is 0 Å². The molecule has 0 saturated heterocycles. The number of halogens is 1. The molecular weight excluding hydrogens is 502 g/mol. The molecule has 3 aromatic heterocycles. The zero-order valence-electron chi connectivity index (χ0n) is 20.1. The van der Waals surface area contributed by atoms with Crippen molar-refractivity contribution in [1.82, 2.24) is 35.7 Å². The van der Waals surface area contributed by atoms with E-state index in [1.165, 1.54) is 0 Å². The van der Waals surface area contributed by atoms with Crippen molar-refractivity contribution in [2.75, 3.05) is 11.5 Å². The third-order valence-corrected chi connectivity index (χ3v) is 6.79. The maximum absolute atomic E-state index is 13.2. The topological polar surface area (TPSA) is 167 Å². The molecule has 1 amide bonds. The van der Waals surface area contributed by atoms with Crippen molar-refractivity contribution in [3.63, 3.8) is 0 Å². The van der Waals surface area contributed by atoms with E-state index in [9.17, 15) is 4.79 Å². The lowest BCUT2D eigenvalue weighted by molar-refractivity contribution is -0.121. The molecule has 0 aliphatic rings. The maximum atomic E-state index is 13.2. The van der Waals surface area contributed by atoms with Gasteiger partial charge in [0.25, 0.3) is 0 Å². The summed E-state index contributed by atoms with van der Waals surface area (Å²) in [5, 5.41) is 19.0. The number of rotatable bonds is 7. The van der Waals surface area contributed by atoms with Gasteiger partial charge in [0.05, 0.1) is 23.5 Å². The molecule has 3 heterocycles. The molecule has 6 aromatic rings. The minimum Gasteiger partial charge on any atom is -0.382 e. The Hall–Kier alpha value is -4.83. The maximum Gasteiger partial charge on any atom is 0.225 e. The van der Waals surface area contributed by atoms with Gasteiger partial charge in [0.1, 0.15) is 16.7 Å². The Morgan fingerprint density at radius 3 is 2.32 bits per heavy atom. The van der Waals surface area contributed by atoms with E-state index in [-0.39, 0.29) is 12.3 Å². The monoisotopic (exact) mass is 525 g/mol. The summed E-state index contributed by atoms with van der Waals surface area (Å²) in [5.41, 5.74) is 16.6. The quantitative estimate of drug-likeness (QED) is 0.182. The van der Waals surface area contributed by atoms with Crippen LogP contribution in [0.15, 0.2) is 66.7 Å². The molecule has 10 nitrogen and oxygen atoms in total. The second-order valence-electron chi connectivity index (χ2n) is 9.13. The summed E-state index contributed by atoms with van der Waals surface area (Å²) < 4.78 is 0. The highest BCUT2D eigenvalue weighted by atomic mass is 35.5. The first kappa shape index (κ1) is 23.6. The molecule has 0 aliphatic carbocycles. The number of carbonyl (C=O) groups excluding carboxylic acids is 1. The van der Waals surface area contributed by atoms with Gasteiger partial charge in [-0.25, -0.2) is 4.98 Å². The van der Waals surface area contributed by atoms with Crippen LogP contribution in [-0.4, -0.2) is 36.3 Å². The van der Waals surface area contributed by atoms with Crippen molar-refractivity contribution in [3.05, 3.63) is 88.8 Å². The number of hydrogen-bond donors (Lipinski definition) is 6. The van der Waals surface area contributed by atoms with E-state index >= 15 is 0 Å². The molecule has 8 N–H and O–H groups in total. The standard InChI is InChI=1S/C27H24ClN9O/c28-24-23(16-7-9-18-20(13-16)35-37-26(18)30)32-27(33-24)21(10-14-4-2-1-3-5-14)31-22(38)12-15-6-8-17-19(11-15)34-36-25(17)29/h1-9,11,13,21H,10,12H2,(H,31,38)(H,32,33)(H3,29,34,36)(H3,30,35,37)/t21-/m0/s1. The van der Waals surface area contributed by atoms with E-state index in [1.54, 1.807) is 0 Å². The predicted molar refractivity (Wildman–Crippen MR) is 148 cm³/mol. The lowest BCUT2D eigenvalue weighted by atomic mass is 10.0. The Morgan fingerprint density at radius 1 is 0.895 bits per heavy atom. The smallest absolute Gasteiger partial charge is 0.225 e. The van der Waals surface area contributed by atoms with Crippen LogP contribution in [-0.2, 0) is 17.6 Å². The second-order valence-corrected chi connectivity index (χ2v) is 9.51. The summed E-state index contributed by atoms with van der Waals surface area (Å²) in [6.45, 7) is 0. The number of imidazole rings is 1. The van der Waals surface area contributed by atoms with Gasteiger partial charge in [-0.1, -0.05) is 54.1 Å². The molecule has 190 valence electrons. The number of benzene rings is 3. The number of nitrogens with two attached hydrogens (primary N) is 2. The first-order valence-corrected chi connectivity index (χ1v) is 12.4. The van der Waals surface area contributed by atoms with Gasteiger partial charge in [-0.3, -0.25) is 15.0 Å². The minimum atomic E-state index is -0.436. The Kier molecular flexibility index (Phi) is 5.93. The van der Waals surface area contributed by atoms with E-state index in [1.807, 2.05) is 66.7 Å². The number of hydrogen-bond acceptors (Lipinski definition) is 6. The van der Waals surface area contributed by atoms with Crippen molar-refractivity contribution in [2.24, 2.45) is 0 Å². The summed E-state index contributed by atoms with van der Waals surface area (Å²) in [6, 6.07) is 20.8. The number of carbonyl (C=O) groups is 1. The average Bonchev–Trinajstić information content (AvgIpc) is 3.60. The van der Waals surface area contributed by atoms with Crippen molar-refractivity contribution in [3.8, 4) is 11.3 Å². The summed E-state index contributed by atoms with van der Waals surface area (Å²) in [5.74, 6) is 1.27. The zero-order chi connectivity index (χ0) is 26.2. The summed E-state index contributed by atoms with van der Waals surface area (Å²) in [7, 11) is 0. The van der Waals surface area contributed by atoms with Gasteiger partial charge in [0.15, 0.2) is 11.6 Å². The number of fused-ring (bicyclic) bond motifs is 2. The number of aromatic nitrogens is 6. The Balaban J connectivity index is 1.28. The molecule has 11 heteroatoms. The van der Waals surface area contributed by atoms with E-state index in [0.717, 1.165) is 38.5 Å². The number of H-pyrrole nitrogens is 3. The molecule has 6 rings (SSSR count). The van der Waals surface area contributed by atoms with Crippen molar-refractivity contribution >= 4 is 50.9 Å². The van der Waals surface area contributed by atoms with E-state index in [0.29, 0.717) is 34.7 Å². The van der Waals surface area contributed by atoms with Crippen LogP contribution in [0, 0.1) is 0 Å². The van der Waals surface area contributed by atoms with Crippen LogP contribution in [0.4, 0.5) is 11.6 Å². The largest absolute Gasteiger partial charge is 0.382 e. The van der Waals surface area contributed by atoms with E-state index in [2.05, 4.69) is 30.7 Å². The van der Waals surface area contributed by atoms with Gasteiger partial charge >= 0.3 is 0 Å². The van der Waals surface area contributed by atoms with Gasteiger partial charge in [-0.05, 0) is 41.8 Å². The Bertz CT molecular complexity index is 1770. The minimum absolute atomic E-state index is 0.152. The summed E-state index contributed by atoms with van der Waals surface area (Å²) in [4.78, 5) is 21.2. The van der Waals surface area contributed by atoms with Crippen LogP contribution in [0.25, 0.3) is 33.1 Å². The first-order valence-electron chi connectivity index (χ1n) is 12.0. The molecule has 0 aliphatic heterocycles. The van der Waals surface area contributed by atoms with Crippen LogP contribution in [0.1, 0.15) is 23.0 Å². The van der Waals surface area contributed by atoms with Crippen LogP contribution in [0.3, 0.4) is 0 Å². The van der Waals surface area contributed by atoms with Crippen LogP contribution >= 0.6 is 11.6 Å². The molecular formula is C27H24ClN9O. The van der Waals surface area contributed by atoms with Gasteiger partial charge < -0.3 is 21.8 Å². The molecule has 0 fully saturated rings. The fourth-order valence-corrected chi connectivity index (χ4v) is 4.86. The predicted octanol–water partition coefficient (Wildman–Crippen LogP) is 4.29. The lowest BCUT2D eigenvalue weighted by Crippen LogP contribution is -2.32. The first-order chi connectivity index (χ1) is 18.4. The normalized spacial score (nSPS) is 12.2. The van der Waals surface area contributed by atoms with Crippen molar-refractivity contribution in [2.45, 2.75) is 18.9 Å². The summed E-state index contributed by atoms with van der Waals surface area (Å²) >= 11 is 6.61. The molecule has 0 unspecified atom stereocenters. The molecule has 38 heavy (non-hydrogen) atoms. The number of aromatic amines is 3. The second kappa shape index (κ2) is 9.56. The Morgan fingerprint density at radius 2 is 1.58 bits per heavy atom. The van der Waals surface area contributed by atoms with Gasteiger partial charge in [0, 0.05) is 16.3 Å². The van der Waals surface area contributed by atoms with Crippen LogP contribution in [0.5, 0.6) is 0 Å². The molecule has 0 bridgehead atoms. The SMILES string of the molecule is Nc1n[nH]c2cc(CC(=O)N[C@@H](Cc3ccccc3)c3nc(-c4ccc5c(N)n[nH]c5c4)c(Cl)[nH]3)ccc12. The number of amides is 1. The number of nitrogens with zero attached hydrogens (tertiary/aromatic N) is 3. The third kappa shape index (κ3) is 4.53. The number of anilines is 2.